The summed E-state index contributed by atoms with van der Waals surface area (Å²) < 4.78 is 26.8. The highest BCUT2D eigenvalue weighted by atomic mass is 31.2. The van der Waals surface area contributed by atoms with E-state index in [0.29, 0.717) is 17.4 Å². The Balaban J connectivity index is 4.01. The van der Waals surface area contributed by atoms with Crippen LogP contribution in [0.2, 0.25) is 0 Å². The molecule has 0 heterocycles. The average molecular weight is 484 g/mol. The van der Waals surface area contributed by atoms with Crippen LogP contribution in [0.3, 0.4) is 0 Å². The maximum Gasteiger partial charge on any atom is 0.469 e. The summed E-state index contributed by atoms with van der Waals surface area (Å²) in [6.07, 6.45) is 12.0. The number of alkyl carbamates (subject to hydrolysis) is 1. The van der Waals surface area contributed by atoms with Crippen LogP contribution in [0.15, 0.2) is 0 Å². The predicted molar refractivity (Wildman–Crippen MR) is 126 cm³/mol. The molecule has 0 bridgehead atoms. The summed E-state index contributed by atoms with van der Waals surface area (Å²) in [6.45, 7) is 2.76. The Labute approximate surface area is 195 Å². The molecule has 0 aromatic heterocycles. The van der Waals surface area contributed by atoms with Crippen LogP contribution in [0.25, 0.3) is 0 Å². The van der Waals surface area contributed by atoms with Crippen LogP contribution in [-0.2, 0) is 18.6 Å². The average Bonchev–Trinajstić information content (AvgIpc) is 2.69. The number of phosphoric ester groups is 1. The van der Waals surface area contributed by atoms with Gasteiger partial charge in [0.25, 0.3) is 0 Å². The van der Waals surface area contributed by atoms with Gasteiger partial charge in [-0.2, -0.15) is 0 Å². The number of methoxy groups -OCH3 is 1. The van der Waals surface area contributed by atoms with Crippen molar-refractivity contribution in [3.8, 4) is 0 Å². The number of quaternary nitrogens is 1. The van der Waals surface area contributed by atoms with Crippen LogP contribution in [0.5, 0.6) is 0 Å². The van der Waals surface area contributed by atoms with Crippen LogP contribution in [0.1, 0.15) is 77.6 Å². The zero-order valence-corrected chi connectivity index (χ0v) is 21.8. The number of nitrogens with zero attached hydrogens (tertiary/aromatic N) is 1. The summed E-state index contributed by atoms with van der Waals surface area (Å²) in [4.78, 5) is 29.9. The van der Waals surface area contributed by atoms with Gasteiger partial charge in [0, 0.05) is 20.1 Å². The molecular formula is C22H48N2O7P+. The maximum absolute atomic E-state index is 11.9. The lowest BCUT2D eigenvalue weighted by Gasteiger charge is -2.35. The molecular weight excluding hydrogens is 435 g/mol. The Bertz CT molecular complexity index is 523. The van der Waals surface area contributed by atoms with Crippen molar-refractivity contribution in [1.29, 1.82) is 0 Å². The van der Waals surface area contributed by atoms with Gasteiger partial charge >= 0.3 is 13.9 Å². The van der Waals surface area contributed by atoms with Gasteiger partial charge in [-0.15, -0.1) is 0 Å². The zero-order valence-electron chi connectivity index (χ0n) is 20.9. The third-order valence-corrected chi connectivity index (χ3v) is 6.08. The van der Waals surface area contributed by atoms with Crippen molar-refractivity contribution in [2.45, 2.75) is 89.7 Å². The summed E-state index contributed by atoms with van der Waals surface area (Å²) in [5, 5.41) is 2.77. The third kappa shape index (κ3) is 18.8. The van der Waals surface area contributed by atoms with Crippen LogP contribution in [0.4, 0.5) is 4.79 Å². The number of rotatable bonds is 20. The van der Waals surface area contributed by atoms with Gasteiger partial charge in [-0.05, 0) is 6.42 Å². The Morgan fingerprint density at radius 1 is 0.938 bits per heavy atom. The number of carbonyl (C=O) groups excluding carboxylic acids is 1. The summed E-state index contributed by atoms with van der Waals surface area (Å²) >= 11 is 0. The van der Waals surface area contributed by atoms with E-state index in [9.17, 15) is 9.36 Å². The molecule has 0 aromatic rings. The minimum Gasteiger partial charge on any atom is -0.447 e. The topological polar surface area (TPSA) is 114 Å². The van der Waals surface area contributed by atoms with Gasteiger partial charge < -0.3 is 29.1 Å². The van der Waals surface area contributed by atoms with E-state index in [1.807, 2.05) is 21.1 Å². The molecule has 3 N–H and O–H groups in total. The molecule has 0 spiro atoms. The van der Waals surface area contributed by atoms with E-state index in [2.05, 4.69) is 16.8 Å². The van der Waals surface area contributed by atoms with Crippen molar-refractivity contribution in [3.05, 3.63) is 0 Å². The van der Waals surface area contributed by atoms with Crippen LogP contribution < -0.4 is 5.32 Å². The summed E-state index contributed by atoms with van der Waals surface area (Å²) in [5.41, 5.74) is 0. The number of phosphoric acid groups is 1. The molecule has 2 atom stereocenters. The highest BCUT2D eigenvalue weighted by molar-refractivity contribution is 7.46. The standard InChI is InChI=1S/C22H47N2O7P/c1-6-7-8-9-10-11-12-13-14-15-16-23-22(25)30-19-21(29-5)17-20(24(2,3)4)18-31-32(26,27)28/h20-21H,6-19H2,1-5H3,(H2-,23,25,26,27,28)/p+1. The number of carbonyl (C=O) groups is 1. The predicted octanol–water partition coefficient (Wildman–Crippen LogP) is 4.22. The molecule has 0 saturated carbocycles. The van der Waals surface area contributed by atoms with E-state index in [1.54, 1.807) is 0 Å². The fraction of sp³-hybridized carbons (Fsp3) is 0.955. The fourth-order valence-electron chi connectivity index (χ4n) is 3.35. The van der Waals surface area contributed by atoms with Crippen molar-refractivity contribution < 1.29 is 37.6 Å². The molecule has 0 aromatic carbocycles. The van der Waals surface area contributed by atoms with E-state index in [1.165, 1.54) is 58.5 Å². The van der Waals surface area contributed by atoms with E-state index >= 15 is 0 Å². The first kappa shape index (κ1) is 31.3. The zero-order chi connectivity index (χ0) is 24.5. The molecule has 0 fully saturated rings. The Morgan fingerprint density at radius 2 is 1.47 bits per heavy atom. The number of amides is 1. The van der Waals surface area contributed by atoms with Gasteiger partial charge in [0.15, 0.2) is 0 Å². The lowest BCUT2D eigenvalue weighted by Crippen LogP contribution is -2.50. The number of ether oxygens (including phenoxy) is 2. The number of nitrogens with one attached hydrogen (secondary N) is 1. The second kappa shape index (κ2) is 17.7. The van der Waals surface area contributed by atoms with Gasteiger partial charge in [0.05, 0.1) is 27.2 Å². The lowest BCUT2D eigenvalue weighted by atomic mass is 10.1. The number of unbranched alkanes of at least 4 members (excludes halogenated alkanes) is 9. The van der Waals surface area contributed by atoms with Crippen LogP contribution in [0, 0.1) is 0 Å². The number of hydrogen-bond acceptors (Lipinski definition) is 5. The molecule has 2 unspecified atom stereocenters. The van der Waals surface area contributed by atoms with Gasteiger partial charge in [-0.3, -0.25) is 4.52 Å². The Morgan fingerprint density at radius 3 is 1.94 bits per heavy atom. The van der Waals surface area contributed by atoms with Crippen molar-refractivity contribution in [3.63, 3.8) is 0 Å². The van der Waals surface area contributed by atoms with Gasteiger partial charge in [-0.25, -0.2) is 9.36 Å². The molecule has 1 amide bonds. The summed E-state index contributed by atoms with van der Waals surface area (Å²) in [6, 6.07) is -0.245. The summed E-state index contributed by atoms with van der Waals surface area (Å²) in [7, 11) is 2.68. The molecule has 192 valence electrons. The van der Waals surface area contributed by atoms with Crippen molar-refractivity contribution >= 4 is 13.9 Å². The molecule has 0 aliphatic rings. The molecule has 32 heavy (non-hydrogen) atoms. The fourth-order valence-corrected chi connectivity index (χ4v) is 3.72. The van der Waals surface area contributed by atoms with E-state index < -0.39 is 20.0 Å². The second-order valence-electron chi connectivity index (χ2n) is 9.36. The first-order valence-corrected chi connectivity index (χ1v) is 13.5. The SMILES string of the molecule is CCCCCCCCCCCCNC(=O)OCC(CC(COP(=O)(O)O)[N+](C)(C)C)OC. The quantitative estimate of drug-likeness (QED) is 0.135. The molecule has 0 aliphatic carbocycles. The third-order valence-electron chi connectivity index (χ3n) is 5.60. The first-order chi connectivity index (χ1) is 15.0. The first-order valence-electron chi connectivity index (χ1n) is 11.9. The molecule has 0 radical (unpaired) electrons. The van der Waals surface area contributed by atoms with Gasteiger partial charge in [0.2, 0.25) is 0 Å². The van der Waals surface area contributed by atoms with E-state index in [-0.39, 0.29) is 19.3 Å². The van der Waals surface area contributed by atoms with Gasteiger partial charge in [-0.1, -0.05) is 64.7 Å². The van der Waals surface area contributed by atoms with Crippen LogP contribution in [-0.4, -0.2) is 80.5 Å². The lowest BCUT2D eigenvalue weighted by molar-refractivity contribution is -0.897. The minimum atomic E-state index is -4.55. The monoisotopic (exact) mass is 483 g/mol. The van der Waals surface area contributed by atoms with E-state index in [4.69, 9.17) is 19.3 Å². The minimum absolute atomic E-state index is 0.0623. The summed E-state index contributed by atoms with van der Waals surface area (Å²) in [5.74, 6) is 0. The maximum atomic E-state index is 11.9. The van der Waals surface area contributed by atoms with E-state index in [0.717, 1.165) is 12.8 Å². The number of likely N-dealkylation sites (N-methyl/N-ethyl adjacent to an activating group) is 1. The van der Waals surface area contributed by atoms with Crippen molar-refractivity contribution in [1.82, 2.24) is 5.32 Å². The second-order valence-corrected chi connectivity index (χ2v) is 10.6. The molecule has 9 nitrogen and oxygen atoms in total. The van der Waals surface area contributed by atoms with Crippen LogP contribution >= 0.6 is 7.82 Å². The molecule has 0 rings (SSSR count). The highest BCUT2D eigenvalue weighted by Gasteiger charge is 2.31. The normalized spacial score (nSPS) is 14.2. The highest BCUT2D eigenvalue weighted by Crippen LogP contribution is 2.36. The molecule has 0 saturated heterocycles. The van der Waals surface area contributed by atoms with Crippen molar-refractivity contribution in [2.75, 3.05) is 48.0 Å². The van der Waals surface area contributed by atoms with Crippen molar-refractivity contribution in [2.24, 2.45) is 0 Å². The van der Waals surface area contributed by atoms with Gasteiger partial charge in [0.1, 0.15) is 19.3 Å². The Kier molecular flexibility index (Phi) is 17.3. The smallest absolute Gasteiger partial charge is 0.447 e. The largest absolute Gasteiger partial charge is 0.469 e. The Hall–Kier alpha value is -0.700. The molecule has 10 heteroatoms. The number of hydrogen-bond donors (Lipinski definition) is 3. The molecule has 0 aliphatic heterocycles.